The number of aromatic amines is 2. The molecule has 3 aromatic rings. The lowest BCUT2D eigenvalue weighted by atomic mass is 10.3. The van der Waals surface area contributed by atoms with Gasteiger partial charge in [-0.3, -0.25) is 0 Å². The molecule has 14 heavy (non-hydrogen) atoms. The molecule has 3 aromatic heterocycles. The van der Waals surface area contributed by atoms with E-state index in [1.165, 1.54) is 0 Å². The molecule has 3 rings (SSSR count). The number of hydrogen-bond acceptors (Lipinski definition) is 1. The van der Waals surface area contributed by atoms with E-state index in [0.29, 0.717) is 0 Å². The molecule has 0 aromatic carbocycles. The lowest BCUT2D eigenvalue weighted by Gasteiger charge is -1.90. The largest absolute Gasteiger partial charge is 0.357 e. The Morgan fingerprint density at radius 1 is 0.929 bits per heavy atom. The molecule has 3 heteroatoms. The monoisotopic (exact) mass is 189 g/mol. The molecule has 0 saturated heterocycles. The number of rotatable bonds is 0. The van der Waals surface area contributed by atoms with Gasteiger partial charge in [0.15, 0.2) is 0 Å². The van der Waals surface area contributed by atoms with Gasteiger partial charge in [-0.1, -0.05) is 0 Å². The van der Waals surface area contributed by atoms with E-state index in [1.54, 1.807) is 0 Å². The maximum absolute atomic E-state index is 4.56. The minimum Gasteiger partial charge on any atom is -0.357 e. The molecule has 0 aliphatic heterocycles. The summed E-state index contributed by atoms with van der Waals surface area (Å²) in [5.74, 6) is 0. The zero-order chi connectivity index (χ0) is 9.71. The first-order valence-corrected chi connectivity index (χ1v) is 4.68. The van der Waals surface area contributed by atoms with Crippen LogP contribution in [0, 0.1) is 13.8 Å². The van der Waals surface area contributed by atoms with E-state index in [-0.39, 0.29) is 2.85 Å². The first-order valence-electron chi connectivity index (χ1n) is 4.68. The summed E-state index contributed by atoms with van der Waals surface area (Å²) in [4.78, 5) is 11.1. The molecule has 0 amide bonds. The van der Waals surface area contributed by atoms with Gasteiger partial charge in [-0.2, -0.15) is 0 Å². The molecule has 3 heterocycles. The molecule has 0 atom stereocenters. The van der Waals surface area contributed by atoms with Crippen LogP contribution in [0.2, 0.25) is 0 Å². The molecule has 74 valence electrons. The van der Waals surface area contributed by atoms with Crippen molar-refractivity contribution in [2.45, 2.75) is 13.8 Å². The van der Waals surface area contributed by atoms with Crippen LogP contribution in [0.4, 0.5) is 0 Å². The van der Waals surface area contributed by atoms with Crippen molar-refractivity contribution < 1.29 is 2.85 Å². The van der Waals surface area contributed by atoms with Crippen molar-refractivity contribution in [3.05, 3.63) is 29.6 Å². The molecule has 3 nitrogen and oxygen atoms in total. The average molecular weight is 189 g/mol. The third-order valence-corrected chi connectivity index (χ3v) is 2.45. The van der Waals surface area contributed by atoms with Crippen molar-refractivity contribution in [3.8, 4) is 0 Å². The Morgan fingerprint density at radius 2 is 1.43 bits per heavy atom. The molecule has 0 fully saturated rings. The number of pyridine rings is 1. The number of H-pyrrole nitrogens is 2. The summed E-state index contributed by atoms with van der Waals surface area (Å²) < 4.78 is 0. The highest BCUT2D eigenvalue weighted by Gasteiger charge is 2.03. The maximum Gasteiger partial charge on any atom is 0.0890 e. The number of aryl methyl sites for hydroxylation is 2. The fraction of sp³-hybridized carbons (Fsp3) is 0.182. The summed E-state index contributed by atoms with van der Waals surface area (Å²) in [5, 5.41) is 0. The fourth-order valence-corrected chi connectivity index (χ4v) is 1.87. The SMILES string of the molecule is Cc1cc2nc3cc(C)[nH]c3cc2[nH]1.[HH].[HH]. The smallest absolute Gasteiger partial charge is 0.0890 e. The van der Waals surface area contributed by atoms with Crippen molar-refractivity contribution in [2.24, 2.45) is 0 Å². The fourth-order valence-electron chi connectivity index (χ4n) is 1.87. The predicted molar refractivity (Wildman–Crippen MR) is 61.7 cm³/mol. The second-order valence-electron chi connectivity index (χ2n) is 3.76. The Labute approximate surface area is 84.1 Å². The minimum atomic E-state index is 0. The third-order valence-electron chi connectivity index (χ3n) is 2.45. The molecule has 0 aliphatic carbocycles. The van der Waals surface area contributed by atoms with Gasteiger partial charge in [0.2, 0.25) is 0 Å². The Bertz CT molecular complexity index is 522. The highest BCUT2D eigenvalue weighted by Crippen LogP contribution is 2.19. The summed E-state index contributed by atoms with van der Waals surface area (Å²) >= 11 is 0. The molecule has 0 spiro atoms. The molecule has 0 aliphatic rings. The van der Waals surface area contributed by atoms with Crippen LogP contribution >= 0.6 is 0 Å². The number of fused-ring (bicyclic) bond motifs is 2. The first kappa shape index (κ1) is 7.62. The van der Waals surface area contributed by atoms with Crippen molar-refractivity contribution in [3.63, 3.8) is 0 Å². The van der Waals surface area contributed by atoms with Crippen molar-refractivity contribution >= 4 is 22.1 Å². The van der Waals surface area contributed by atoms with Crippen LogP contribution in [-0.2, 0) is 0 Å². The van der Waals surface area contributed by atoms with Gasteiger partial charge >= 0.3 is 0 Å². The zero-order valence-corrected chi connectivity index (χ0v) is 8.18. The first-order chi connectivity index (χ1) is 6.72. The molecule has 0 saturated carbocycles. The Morgan fingerprint density at radius 3 is 1.93 bits per heavy atom. The van der Waals surface area contributed by atoms with Gasteiger partial charge in [0.1, 0.15) is 0 Å². The Hall–Kier alpha value is -1.77. The van der Waals surface area contributed by atoms with Crippen LogP contribution in [0.15, 0.2) is 18.2 Å². The number of nitrogens with zero attached hydrogens (tertiary/aromatic N) is 1. The number of hydrogen-bond donors (Lipinski definition) is 2. The molecule has 0 bridgehead atoms. The van der Waals surface area contributed by atoms with Crippen molar-refractivity contribution in [2.75, 3.05) is 0 Å². The van der Waals surface area contributed by atoms with E-state index >= 15 is 0 Å². The van der Waals surface area contributed by atoms with Gasteiger partial charge in [0.25, 0.3) is 0 Å². The van der Waals surface area contributed by atoms with Crippen LogP contribution in [-0.4, -0.2) is 15.0 Å². The van der Waals surface area contributed by atoms with E-state index in [4.69, 9.17) is 0 Å². The maximum atomic E-state index is 4.56. The van der Waals surface area contributed by atoms with E-state index < -0.39 is 0 Å². The molecule has 0 unspecified atom stereocenters. The van der Waals surface area contributed by atoms with E-state index in [0.717, 1.165) is 33.5 Å². The Balaban J connectivity index is 0.000000640. The van der Waals surface area contributed by atoms with Gasteiger partial charge in [-0.25, -0.2) is 4.98 Å². The van der Waals surface area contributed by atoms with Crippen LogP contribution in [0.1, 0.15) is 14.2 Å². The minimum absolute atomic E-state index is 0. The summed E-state index contributed by atoms with van der Waals surface area (Å²) in [7, 11) is 0. The van der Waals surface area contributed by atoms with E-state index in [2.05, 4.69) is 33.2 Å². The summed E-state index contributed by atoms with van der Waals surface area (Å²) in [6.07, 6.45) is 0. The van der Waals surface area contributed by atoms with Crippen LogP contribution in [0.3, 0.4) is 0 Å². The van der Waals surface area contributed by atoms with E-state index in [1.807, 2.05) is 13.8 Å². The molecule has 2 N–H and O–H groups in total. The summed E-state index contributed by atoms with van der Waals surface area (Å²) in [6.45, 7) is 4.09. The quantitative estimate of drug-likeness (QED) is 0.560. The van der Waals surface area contributed by atoms with Crippen molar-refractivity contribution in [1.29, 1.82) is 0 Å². The molecule has 0 radical (unpaired) electrons. The van der Waals surface area contributed by atoms with Gasteiger partial charge in [0.05, 0.1) is 22.1 Å². The van der Waals surface area contributed by atoms with Crippen LogP contribution in [0.25, 0.3) is 22.1 Å². The lowest BCUT2D eigenvalue weighted by Crippen LogP contribution is -1.75. The average Bonchev–Trinajstić information content (AvgIpc) is 2.59. The second-order valence-corrected chi connectivity index (χ2v) is 3.76. The third kappa shape index (κ3) is 0.954. The number of aromatic nitrogens is 3. The lowest BCUT2D eigenvalue weighted by molar-refractivity contribution is 1.29. The normalized spacial score (nSPS) is 11.6. The topological polar surface area (TPSA) is 44.5 Å². The van der Waals surface area contributed by atoms with Gasteiger partial charge < -0.3 is 9.97 Å². The summed E-state index contributed by atoms with van der Waals surface area (Å²) in [5.41, 5.74) is 6.56. The van der Waals surface area contributed by atoms with Gasteiger partial charge in [-0.05, 0) is 32.0 Å². The van der Waals surface area contributed by atoms with E-state index in [9.17, 15) is 0 Å². The van der Waals surface area contributed by atoms with Crippen LogP contribution < -0.4 is 0 Å². The Kier molecular flexibility index (Phi) is 1.29. The molecular formula is C11H15N3. The summed E-state index contributed by atoms with van der Waals surface area (Å²) in [6, 6.07) is 6.24. The highest BCUT2D eigenvalue weighted by atomic mass is 14.8. The number of nitrogens with one attached hydrogen (secondary N) is 2. The second kappa shape index (κ2) is 2.38. The van der Waals surface area contributed by atoms with Gasteiger partial charge in [0, 0.05) is 14.2 Å². The van der Waals surface area contributed by atoms with Crippen molar-refractivity contribution in [1.82, 2.24) is 15.0 Å². The predicted octanol–water partition coefficient (Wildman–Crippen LogP) is 3.15. The zero-order valence-electron chi connectivity index (χ0n) is 8.18. The highest BCUT2D eigenvalue weighted by molar-refractivity contribution is 5.89. The van der Waals surface area contributed by atoms with Crippen LogP contribution in [0.5, 0.6) is 0 Å². The standard InChI is InChI=1S/C11H11N3.2H2/c1-6-3-8-10(12-6)5-11-9(14-8)4-7(2)13-11;;/h3-5,12-13H,1-2H3;2*1H. The molecular weight excluding hydrogens is 174 g/mol. The van der Waals surface area contributed by atoms with Gasteiger partial charge in [-0.15, -0.1) is 0 Å².